The van der Waals surface area contributed by atoms with Crippen LogP contribution in [0, 0.1) is 6.92 Å². The van der Waals surface area contributed by atoms with Crippen LogP contribution in [0.2, 0.25) is 0 Å². The third-order valence-electron chi connectivity index (χ3n) is 3.16. The van der Waals surface area contributed by atoms with Crippen LogP contribution in [-0.4, -0.2) is 17.8 Å². The van der Waals surface area contributed by atoms with Gasteiger partial charge in [0.2, 0.25) is 0 Å². The molecule has 3 nitrogen and oxygen atoms in total. The summed E-state index contributed by atoms with van der Waals surface area (Å²) in [6.45, 7) is 4.52. The number of aryl methyl sites for hydroxylation is 1. The standard InChI is InChI=1S/C16H21NO2/c1-12-8-9-16(19-12)13(2)17-11-15(18)10-14-6-4-3-5-7-14/h3-9,13,15,17-18H,10-11H2,1-2H3. The number of hydrogen-bond acceptors (Lipinski definition) is 3. The molecular weight excluding hydrogens is 238 g/mol. The van der Waals surface area contributed by atoms with E-state index < -0.39 is 0 Å². The third kappa shape index (κ3) is 4.23. The van der Waals surface area contributed by atoms with Gasteiger partial charge in [0.25, 0.3) is 0 Å². The molecule has 0 aliphatic heterocycles. The quantitative estimate of drug-likeness (QED) is 0.838. The minimum atomic E-state index is -0.388. The minimum Gasteiger partial charge on any atom is -0.465 e. The summed E-state index contributed by atoms with van der Waals surface area (Å²) in [7, 11) is 0. The maximum atomic E-state index is 10.0. The first-order valence-corrected chi connectivity index (χ1v) is 6.67. The fourth-order valence-electron chi connectivity index (χ4n) is 2.06. The van der Waals surface area contributed by atoms with E-state index in [0.29, 0.717) is 13.0 Å². The smallest absolute Gasteiger partial charge is 0.120 e. The number of aliphatic hydroxyl groups is 1. The van der Waals surface area contributed by atoms with E-state index in [9.17, 15) is 5.11 Å². The number of rotatable bonds is 6. The highest BCUT2D eigenvalue weighted by Gasteiger charge is 2.11. The number of aliphatic hydroxyl groups excluding tert-OH is 1. The van der Waals surface area contributed by atoms with Crippen LogP contribution >= 0.6 is 0 Å². The summed E-state index contributed by atoms with van der Waals surface area (Å²) in [6.07, 6.45) is 0.276. The van der Waals surface area contributed by atoms with Crippen LogP contribution in [0.5, 0.6) is 0 Å². The van der Waals surface area contributed by atoms with E-state index in [0.717, 1.165) is 17.1 Å². The van der Waals surface area contributed by atoms with Crippen LogP contribution in [0.4, 0.5) is 0 Å². The van der Waals surface area contributed by atoms with Gasteiger partial charge in [0.05, 0.1) is 12.1 Å². The van der Waals surface area contributed by atoms with Crippen LogP contribution in [0.25, 0.3) is 0 Å². The molecule has 0 saturated carbocycles. The summed E-state index contributed by atoms with van der Waals surface area (Å²) in [6, 6.07) is 14.1. The second-order valence-electron chi connectivity index (χ2n) is 4.92. The van der Waals surface area contributed by atoms with E-state index in [-0.39, 0.29) is 12.1 Å². The lowest BCUT2D eigenvalue weighted by molar-refractivity contribution is 0.166. The summed E-state index contributed by atoms with van der Waals surface area (Å²) in [5.74, 6) is 1.82. The SMILES string of the molecule is Cc1ccc(C(C)NCC(O)Cc2ccccc2)o1. The Morgan fingerprint density at radius 1 is 1.16 bits per heavy atom. The Kier molecular flexibility index (Phi) is 4.77. The van der Waals surface area contributed by atoms with E-state index in [1.807, 2.05) is 56.3 Å². The van der Waals surface area contributed by atoms with Crippen LogP contribution in [0.15, 0.2) is 46.9 Å². The monoisotopic (exact) mass is 259 g/mol. The molecule has 2 unspecified atom stereocenters. The van der Waals surface area contributed by atoms with Crippen molar-refractivity contribution in [2.45, 2.75) is 32.4 Å². The van der Waals surface area contributed by atoms with E-state index in [1.165, 1.54) is 0 Å². The lowest BCUT2D eigenvalue weighted by atomic mass is 10.1. The normalized spacial score (nSPS) is 14.3. The van der Waals surface area contributed by atoms with Crippen molar-refractivity contribution < 1.29 is 9.52 Å². The Hall–Kier alpha value is -1.58. The molecule has 0 spiro atoms. The zero-order chi connectivity index (χ0) is 13.7. The van der Waals surface area contributed by atoms with Crippen LogP contribution in [0.3, 0.4) is 0 Å². The first-order valence-electron chi connectivity index (χ1n) is 6.67. The van der Waals surface area contributed by atoms with E-state index in [1.54, 1.807) is 0 Å². The summed E-state index contributed by atoms with van der Waals surface area (Å²) in [4.78, 5) is 0. The molecule has 3 heteroatoms. The van der Waals surface area contributed by atoms with Gasteiger partial charge in [-0.1, -0.05) is 30.3 Å². The van der Waals surface area contributed by atoms with Crippen molar-refractivity contribution in [1.29, 1.82) is 0 Å². The van der Waals surface area contributed by atoms with Gasteiger partial charge in [-0.2, -0.15) is 0 Å². The summed E-state index contributed by atoms with van der Waals surface area (Å²) in [5, 5.41) is 13.3. The average molecular weight is 259 g/mol. The average Bonchev–Trinajstić information content (AvgIpc) is 2.84. The van der Waals surface area contributed by atoms with Crippen LogP contribution in [-0.2, 0) is 6.42 Å². The molecule has 0 aliphatic carbocycles. The molecule has 2 rings (SSSR count). The predicted molar refractivity (Wildman–Crippen MR) is 76.0 cm³/mol. The highest BCUT2D eigenvalue weighted by molar-refractivity contribution is 5.15. The Bertz CT molecular complexity index is 492. The molecule has 0 fully saturated rings. The van der Waals surface area contributed by atoms with Crippen molar-refractivity contribution in [3.8, 4) is 0 Å². The fraction of sp³-hybridized carbons (Fsp3) is 0.375. The molecular formula is C16H21NO2. The zero-order valence-corrected chi connectivity index (χ0v) is 11.5. The van der Waals surface area contributed by atoms with Gasteiger partial charge in [-0.25, -0.2) is 0 Å². The summed E-state index contributed by atoms with van der Waals surface area (Å²) in [5.41, 5.74) is 1.15. The maximum Gasteiger partial charge on any atom is 0.120 e. The number of benzene rings is 1. The number of furan rings is 1. The Labute approximate surface area is 114 Å². The van der Waals surface area contributed by atoms with Crippen LogP contribution in [0.1, 0.15) is 30.0 Å². The van der Waals surface area contributed by atoms with Crippen molar-refractivity contribution in [3.63, 3.8) is 0 Å². The van der Waals surface area contributed by atoms with E-state index in [4.69, 9.17) is 4.42 Å². The van der Waals surface area contributed by atoms with Gasteiger partial charge in [0, 0.05) is 6.54 Å². The Balaban J connectivity index is 1.79. The molecule has 2 atom stereocenters. The predicted octanol–water partition coefficient (Wildman–Crippen LogP) is 2.84. The van der Waals surface area contributed by atoms with Gasteiger partial charge in [-0.15, -0.1) is 0 Å². The van der Waals surface area contributed by atoms with Crippen LogP contribution < -0.4 is 5.32 Å². The van der Waals surface area contributed by atoms with Gasteiger partial charge in [-0.3, -0.25) is 0 Å². The molecule has 102 valence electrons. The topological polar surface area (TPSA) is 45.4 Å². The fourth-order valence-corrected chi connectivity index (χ4v) is 2.06. The van der Waals surface area contributed by atoms with Crippen molar-refractivity contribution >= 4 is 0 Å². The molecule has 0 aliphatic rings. The minimum absolute atomic E-state index is 0.110. The first kappa shape index (κ1) is 13.8. The largest absolute Gasteiger partial charge is 0.465 e. The Morgan fingerprint density at radius 2 is 1.89 bits per heavy atom. The lowest BCUT2D eigenvalue weighted by Crippen LogP contribution is -2.30. The highest BCUT2D eigenvalue weighted by Crippen LogP contribution is 2.15. The van der Waals surface area contributed by atoms with E-state index >= 15 is 0 Å². The molecule has 0 saturated heterocycles. The summed E-state index contributed by atoms with van der Waals surface area (Å²) >= 11 is 0. The molecule has 2 N–H and O–H groups in total. The third-order valence-corrected chi connectivity index (χ3v) is 3.16. The second-order valence-corrected chi connectivity index (χ2v) is 4.92. The van der Waals surface area contributed by atoms with Gasteiger partial charge < -0.3 is 14.8 Å². The molecule has 1 heterocycles. The molecule has 0 bridgehead atoms. The van der Waals surface area contributed by atoms with Gasteiger partial charge >= 0.3 is 0 Å². The molecule has 1 aromatic carbocycles. The molecule has 0 amide bonds. The second kappa shape index (κ2) is 6.55. The van der Waals surface area contributed by atoms with Crippen molar-refractivity contribution in [1.82, 2.24) is 5.32 Å². The zero-order valence-electron chi connectivity index (χ0n) is 11.5. The molecule has 19 heavy (non-hydrogen) atoms. The molecule has 2 aromatic rings. The van der Waals surface area contributed by atoms with E-state index in [2.05, 4.69) is 5.32 Å². The first-order chi connectivity index (χ1) is 9.15. The molecule has 0 radical (unpaired) electrons. The van der Waals surface area contributed by atoms with Crippen molar-refractivity contribution in [2.75, 3.05) is 6.54 Å². The van der Waals surface area contributed by atoms with Gasteiger partial charge in [-0.05, 0) is 38.0 Å². The van der Waals surface area contributed by atoms with Crippen molar-refractivity contribution in [2.24, 2.45) is 0 Å². The van der Waals surface area contributed by atoms with Gasteiger partial charge in [0.1, 0.15) is 11.5 Å². The Morgan fingerprint density at radius 3 is 2.53 bits per heavy atom. The van der Waals surface area contributed by atoms with Crippen molar-refractivity contribution in [3.05, 3.63) is 59.5 Å². The molecule has 1 aromatic heterocycles. The summed E-state index contributed by atoms with van der Waals surface area (Å²) < 4.78 is 5.55. The number of hydrogen-bond donors (Lipinski definition) is 2. The highest BCUT2D eigenvalue weighted by atomic mass is 16.3. The number of nitrogens with one attached hydrogen (secondary N) is 1. The maximum absolute atomic E-state index is 10.0. The lowest BCUT2D eigenvalue weighted by Gasteiger charge is -2.15. The van der Waals surface area contributed by atoms with Gasteiger partial charge in [0.15, 0.2) is 0 Å².